The number of nitrogens with one attached hydrogen (secondary N) is 1. The van der Waals surface area contributed by atoms with Crippen LogP contribution in [0.2, 0.25) is 0 Å². The van der Waals surface area contributed by atoms with E-state index in [1.807, 2.05) is 18.0 Å². The lowest BCUT2D eigenvalue weighted by molar-refractivity contribution is -0.118. The van der Waals surface area contributed by atoms with Gasteiger partial charge in [-0.25, -0.2) is 5.43 Å². The van der Waals surface area contributed by atoms with Crippen LogP contribution in [0.15, 0.2) is 5.10 Å². The maximum Gasteiger partial charge on any atom is 0.250 e. The van der Waals surface area contributed by atoms with Crippen LogP contribution in [-0.4, -0.2) is 35.1 Å². The molecule has 0 unspecified atom stereocenters. The van der Waals surface area contributed by atoms with Crippen molar-refractivity contribution in [3.63, 3.8) is 0 Å². The standard InChI is InChI=1S/C8H14N2OS2/c1-12-6-8(11)10-9-7-3-2-4-13-5-7/h2-6H2,1H3,(H,10,11)/b9-7+. The highest BCUT2D eigenvalue weighted by atomic mass is 32.2. The highest BCUT2D eigenvalue weighted by molar-refractivity contribution is 8.00. The second-order valence-corrected chi connectivity index (χ2v) is 4.77. The highest BCUT2D eigenvalue weighted by Gasteiger charge is 2.07. The van der Waals surface area contributed by atoms with Crippen molar-refractivity contribution >= 4 is 35.1 Å². The molecule has 0 aromatic carbocycles. The van der Waals surface area contributed by atoms with E-state index in [1.54, 1.807) is 0 Å². The number of nitrogens with zero attached hydrogens (tertiary/aromatic N) is 1. The summed E-state index contributed by atoms with van der Waals surface area (Å²) in [5, 5.41) is 4.08. The molecule has 1 aliphatic rings. The summed E-state index contributed by atoms with van der Waals surface area (Å²) in [6.45, 7) is 0. The second kappa shape index (κ2) is 6.32. The SMILES string of the molecule is CSCC(=O)N/N=C1\CCCSC1. The van der Waals surface area contributed by atoms with Gasteiger partial charge in [-0.05, 0) is 24.9 Å². The minimum atomic E-state index is -0.00410. The van der Waals surface area contributed by atoms with Gasteiger partial charge in [-0.15, -0.1) is 0 Å². The molecule has 13 heavy (non-hydrogen) atoms. The van der Waals surface area contributed by atoms with Gasteiger partial charge in [0.25, 0.3) is 0 Å². The summed E-state index contributed by atoms with van der Waals surface area (Å²) in [5.74, 6) is 2.68. The average molecular weight is 218 g/mol. The second-order valence-electron chi connectivity index (χ2n) is 2.80. The monoisotopic (exact) mass is 218 g/mol. The molecule has 0 aromatic heterocycles. The maximum absolute atomic E-state index is 11.0. The lowest BCUT2D eigenvalue weighted by Gasteiger charge is -2.11. The Hall–Kier alpha value is -0.160. The van der Waals surface area contributed by atoms with E-state index in [0.29, 0.717) is 5.75 Å². The summed E-state index contributed by atoms with van der Waals surface area (Å²) in [6.07, 6.45) is 4.12. The van der Waals surface area contributed by atoms with E-state index in [4.69, 9.17) is 0 Å². The van der Waals surface area contributed by atoms with Crippen LogP contribution in [0.4, 0.5) is 0 Å². The van der Waals surface area contributed by atoms with Gasteiger partial charge in [0, 0.05) is 11.5 Å². The van der Waals surface area contributed by atoms with Gasteiger partial charge in [-0.3, -0.25) is 4.79 Å². The molecule has 1 N–H and O–H groups in total. The fourth-order valence-electron chi connectivity index (χ4n) is 1.03. The van der Waals surface area contributed by atoms with E-state index in [2.05, 4.69) is 10.5 Å². The van der Waals surface area contributed by atoms with Crippen LogP contribution in [0, 0.1) is 0 Å². The summed E-state index contributed by atoms with van der Waals surface area (Å²) in [6, 6.07) is 0. The Morgan fingerprint density at radius 3 is 3.23 bits per heavy atom. The van der Waals surface area contributed by atoms with Crippen LogP contribution < -0.4 is 5.43 Å². The minimum absolute atomic E-state index is 0.00410. The lowest BCUT2D eigenvalue weighted by Crippen LogP contribution is -2.23. The van der Waals surface area contributed by atoms with Crippen molar-refractivity contribution in [3.8, 4) is 0 Å². The predicted molar refractivity (Wildman–Crippen MR) is 60.5 cm³/mol. The molecule has 0 spiro atoms. The molecule has 1 aliphatic heterocycles. The van der Waals surface area contributed by atoms with Crippen molar-refractivity contribution in [2.24, 2.45) is 5.10 Å². The Labute approximate surface area is 87.1 Å². The Morgan fingerprint density at radius 1 is 1.77 bits per heavy atom. The third-order valence-corrected chi connectivity index (χ3v) is 3.30. The van der Waals surface area contributed by atoms with Gasteiger partial charge in [-0.2, -0.15) is 28.6 Å². The van der Waals surface area contributed by atoms with Gasteiger partial charge in [0.15, 0.2) is 0 Å². The third-order valence-electron chi connectivity index (χ3n) is 1.64. The van der Waals surface area contributed by atoms with Gasteiger partial charge in [0.2, 0.25) is 5.91 Å². The molecule has 74 valence electrons. The van der Waals surface area contributed by atoms with Crippen molar-refractivity contribution in [2.45, 2.75) is 12.8 Å². The zero-order valence-corrected chi connectivity index (χ0v) is 9.34. The molecule has 0 atom stereocenters. The molecule has 1 saturated heterocycles. The first kappa shape index (κ1) is 10.9. The topological polar surface area (TPSA) is 41.5 Å². The fourth-order valence-corrected chi connectivity index (χ4v) is 2.30. The van der Waals surface area contributed by atoms with E-state index in [0.717, 1.165) is 17.9 Å². The van der Waals surface area contributed by atoms with Gasteiger partial charge < -0.3 is 0 Å². The molecule has 1 heterocycles. The Kier molecular flexibility index (Phi) is 5.31. The summed E-state index contributed by atoms with van der Waals surface area (Å²) < 4.78 is 0. The van der Waals surface area contributed by atoms with E-state index >= 15 is 0 Å². The smallest absolute Gasteiger partial charge is 0.250 e. The lowest BCUT2D eigenvalue weighted by atomic mass is 10.2. The zero-order valence-electron chi connectivity index (χ0n) is 7.71. The predicted octanol–water partition coefficient (Wildman–Crippen LogP) is 1.35. The average Bonchev–Trinajstić information content (AvgIpc) is 2.17. The van der Waals surface area contributed by atoms with Crippen molar-refractivity contribution in [1.82, 2.24) is 5.43 Å². The van der Waals surface area contributed by atoms with Crippen molar-refractivity contribution in [1.29, 1.82) is 0 Å². The number of rotatable bonds is 3. The highest BCUT2D eigenvalue weighted by Crippen LogP contribution is 2.13. The molecule has 0 radical (unpaired) electrons. The summed E-state index contributed by atoms with van der Waals surface area (Å²) in [4.78, 5) is 11.0. The number of hydrazone groups is 1. The first-order valence-electron chi connectivity index (χ1n) is 4.24. The van der Waals surface area contributed by atoms with Crippen LogP contribution in [0.5, 0.6) is 0 Å². The first-order chi connectivity index (χ1) is 6.33. The molecular formula is C8H14N2OS2. The van der Waals surface area contributed by atoms with Gasteiger partial charge >= 0.3 is 0 Å². The summed E-state index contributed by atoms with van der Waals surface area (Å²) in [7, 11) is 0. The van der Waals surface area contributed by atoms with E-state index in [1.165, 1.54) is 23.9 Å². The molecule has 1 rings (SSSR count). The fraction of sp³-hybridized carbons (Fsp3) is 0.750. The quantitative estimate of drug-likeness (QED) is 0.727. The van der Waals surface area contributed by atoms with Crippen molar-refractivity contribution in [2.75, 3.05) is 23.5 Å². The number of thioether (sulfide) groups is 2. The van der Waals surface area contributed by atoms with E-state index in [-0.39, 0.29) is 5.91 Å². The van der Waals surface area contributed by atoms with E-state index < -0.39 is 0 Å². The van der Waals surface area contributed by atoms with Crippen LogP contribution in [-0.2, 0) is 4.79 Å². The molecule has 0 aliphatic carbocycles. The molecule has 0 aromatic rings. The summed E-state index contributed by atoms with van der Waals surface area (Å²) >= 11 is 3.39. The minimum Gasteiger partial charge on any atom is -0.272 e. The van der Waals surface area contributed by atoms with Crippen molar-refractivity contribution < 1.29 is 4.79 Å². The van der Waals surface area contributed by atoms with Crippen LogP contribution in [0.1, 0.15) is 12.8 Å². The molecule has 3 nitrogen and oxygen atoms in total. The number of carbonyl (C=O) groups is 1. The molecule has 0 bridgehead atoms. The Bertz CT molecular complexity index is 198. The van der Waals surface area contributed by atoms with Gasteiger partial charge in [0.1, 0.15) is 0 Å². The molecular weight excluding hydrogens is 204 g/mol. The third kappa shape index (κ3) is 4.57. The number of hydrogen-bond acceptors (Lipinski definition) is 4. The Balaban J connectivity index is 2.25. The normalized spacial score (nSPS) is 20.2. The van der Waals surface area contributed by atoms with Gasteiger partial charge in [-0.1, -0.05) is 0 Å². The van der Waals surface area contributed by atoms with Crippen LogP contribution in [0.25, 0.3) is 0 Å². The van der Waals surface area contributed by atoms with E-state index in [9.17, 15) is 4.79 Å². The van der Waals surface area contributed by atoms with Gasteiger partial charge in [0.05, 0.1) is 5.75 Å². The number of carbonyl (C=O) groups excluding carboxylic acids is 1. The Morgan fingerprint density at radius 2 is 2.62 bits per heavy atom. The number of hydrogen-bond donors (Lipinski definition) is 1. The first-order valence-corrected chi connectivity index (χ1v) is 6.78. The molecule has 0 saturated carbocycles. The maximum atomic E-state index is 11.0. The van der Waals surface area contributed by atoms with Crippen molar-refractivity contribution in [3.05, 3.63) is 0 Å². The largest absolute Gasteiger partial charge is 0.272 e. The van der Waals surface area contributed by atoms with Crippen LogP contribution >= 0.6 is 23.5 Å². The molecule has 1 fully saturated rings. The zero-order chi connectivity index (χ0) is 9.52. The molecule has 1 amide bonds. The summed E-state index contributed by atoms with van der Waals surface area (Å²) in [5.41, 5.74) is 3.68. The number of amides is 1. The van der Waals surface area contributed by atoms with Crippen LogP contribution in [0.3, 0.4) is 0 Å². The molecule has 5 heteroatoms.